The van der Waals surface area contributed by atoms with Gasteiger partial charge < -0.3 is 9.47 Å². The van der Waals surface area contributed by atoms with Crippen LogP contribution in [-0.4, -0.2) is 26.2 Å². The Morgan fingerprint density at radius 2 is 1.90 bits per heavy atom. The minimum absolute atomic E-state index is 0.223. The fourth-order valence-electron chi connectivity index (χ4n) is 3.42. The summed E-state index contributed by atoms with van der Waals surface area (Å²) in [6.45, 7) is 2.13. The third-order valence-electron chi connectivity index (χ3n) is 4.52. The highest BCUT2D eigenvalue weighted by Crippen LogP contribution is 2.49. The lowest BCUT2D eigenvalue weighted by atomic mass is 9.62. The van der Waals surface area contributed by atoms with Gasteiger partial charge >= 0.3 is 11.9 Å². The fourth-order valence-corrected chi connectivity index (χ4v) is 3.42. The number of methoxy groups -OCH3 is 2. The molecule has 0 amide bonds. The number of rotatable bonds is 3. The number of allylic oxidation sites excluding steroid dienone is 4. The molecule has 0 bridgehead atoms. The maximum absolute atomic E-state index is 12.3. The van der Waals surface area contributed by atoms with Gasteiger partial charge in [0.1, 0.15) is 0 Å². The summed E-state index contributed by atoms with van der Waals surface area (Å²) < 4.78 is 9.83. The minimum atomic E-state index is -1.21. The van der Waals surface area contributed by atoms with Crippen LogP contribution in [0.2, 0.25) is 0 Å². The second-order valence-corrected chi connectivity index (χ2v) is 5.48. The van der Waals surface area contributed by atoms with Crippen molar-refractivity contribution in [1.82, 2.24) is 0 Å². The Balaban J connectivity index is 2.45. The van der Waals surface area contributed by atoms with Gasteiger partial charge in [-0.2, -0.15) is 0 Å². The van der Waals surface area contributed by atoms with E-state index in [0.29, 0.717) is 12.3 Å². The van der Waals surface area contributed by atoms with Crippen LogP contribution in [0.3, 0.4) is 0 Å². The van der Waals surface area contributed by atoms with Crippen molar-refractivity contribution in [2.24, 2.45) is 17.3 Å². The first-order valence-electron chi connectivity index (χ1n) is 7.15. The van der Waals surface area contributed by atoms with Crippen molar-refractivity contribution < 1.29 is 19.1 Å². The molecule has 0 heterocycles. The molecule has 4 nitrogen and oxygen atoms in total. The topological polar surface area (TPSA) is 52.6 Å². The molecule has 0 radical (unpaired) electrons. The van der Waals surface area contributed by atoms with Crippen molar-refractivity contribution in [3.05, 3.63) is 23.8 Å². The van der Waals surface area contributed by atoms with Gasteiger partial charge in [-0.25, -0.2) is 0 Å². The van der Waals surface area contributed by atoms with Gasteiger partial charge in [0.2, 0.25) is 0 Å². The first-order valence-corrected chi connectivity index (χ1v) is 7.15. The van der Waals surface area contributed by atoms with E-state index in [0.717, 1.165) is 19.3 Å². The average molecular weight is 278 g/mol. The predicted octanol–water partition coefficient (Wildman–Crippen LogP) is 2.64. The van der Waals surface area contributed by atoms with Gasteiger partial charge in [0.05, 0.1) is 14.2 Å². The molecule has 0 N–H and O–H groups in total. The van der Waals surface area contributed by atoms with Crippen molar-refractivity contribution in [2.75, 3.05) is 14.2 Å². The standard InChI is InChI=1S/C16H22O4/c1-4-11-7-8-13-12(10-11)6-5-9-16(13,14(17)19-2)15(18)20-3/h7-8,10-11,13H,4-6,9H2,1-3H3/t11-,13+/m0/s1. The monoisotopic (exact) mass is 278 g/mol. The van der Waals surface area contributed by atoms with Crippen LogP contribution < -0.4 is 0 Å². The summed E-state index contributed by atoms with van der Waals surface area (Å²) in [5.41, 5.74) is -0.0376. The second kappa shape index (κ2) is 5.81. The van der Waals surface area contributed by atoms with Gasteiger partial charge in [0, 0.05) is 5.92 Å². The number of hydrogen-bond acceptors (Lipinski definition) is 4. The van der Waals surface area contributed by atoms with Gasteiger partial charge in [-0.05, 0) is 31.6 Å². The Labute approximate surface area is 119 Å². The van der Waals surface area contributed by atoms with Crippen molar-refractivity contribution >= 4 is 11.9 Å². The Kier molecular flexibility index (Phi) is 4.31. The molecule has 2 aliphatic carbocycles. The number of esters is 2. The van der Waals surface area contributed by atoms with E-state index in [9.17, 15) is 9.59 Å². The Bertz CT molecular complexity index is 445. The van der Waals surface area contributed by atoms with E-state index in [4.69, 9.17) is 9.47 Å². The smallest absolute Gasteiger partial charge is 0.324 e. The lowest BCUT2D eigenvalue weighted by molar-refractivity contribution is -0.173. The van der Waals surface area contributed by atoms with E-state index < -0.39 is 17.4 Å². The van der Waals surface area contributed by atoms with E-state index in [1.54, 1.807) is 0 Å². The molecule has 4 heteroatoms. The second-order valence-electron chi connectivity index (χ2n) is 5.48. The zero-order valence-corrected chi connectivity index (χ0v) is 12.3. The van der Waals surface area contributed by atoms with Gasteiger partial charge in [-0.15, -0.1) is 0 Å². The molecule has 0 aromatic carbocycles. The van der Waals surface area contributed by atoms with Crippen LogP contribution in [0.25, 0.3) is 0 Å². The molecule has 0 aromatic heterocycles. The summed E-state index contributed by atoms with van der Waals surface area (Å²) in [5.74, 6) is -0.801. The van der Waals surface area contributed by atoms with Crippen LogP contribution in [0.1, 0.15) is 32.6 Å². The van der Waals surface area contributed by atoms with Crippen molar-refractivity contribution in [2.45, 2.75) is 32.6 Å². The Morgan fingerprint density at radius 1 is 1.25 bits per heavy atom. The van der Waals surface area contributed by atoms with Gasteiger partial charge in [-0.1, -0.05) is 30.7 Å². The number of carbonyl (C=O) groups excluding carboxylic acids is 2. The van der Waals surface area contributed by atoms with E-state index in [-0.39, 0.29) is 5.92 Å². The molecular formula is C16H22O4. The van der Waals surface area contributed by atoms with Crippen molar-refractivity contribution in [1.29, 1.82) is 0 Å². The van der Waals surface area contributed by atoms with E-state index in [1.807, 2.05) is 6.08 Å². The minimum Gasteiger partial charge on any atom is -0.468 e. The quantitative estimate of drug-likeness (QED) is 0.452. The van der Waals surface area contributed by atoms with Crippen LogP contribution >= 0.6 is 0 Å². The van der Waals surface area contributed by atoms with Gasteiger partial charge in [0.15, 0.2) is 5.41 Å². The molecule has 0 saturated heterocycles. The molecule has 0 aliphatic heterocycles. The van der Waals surface area contributed by atoms with Gasteiger partial charge in [-0.3, -0.25) is 9.59 Å². The first-order chi connectivity index (χ1) is 9.59. The molecule has 2 aliphatic rings. The molecule has 2 rings (SSSR count). The molecule has 2 atom stereocenters. The number of ether oxygens (including phenoxy) is 2. The maximum Gasteiger partial charge on any atom is 0.324 e. The third-order valence-corrected chi connectivity index (χ3v) is 4.52. The highest BCUT2D eigenvalue weighted by Gasteiger charge is 2.56. The van der Waals surface area contributed by atoms with Crippen LogP contribution in [0.4, 0.5) is 0 Å². The number of fused-ring (bicyclic) bond motifs is 1. The van der Waals surface area contributed by atoms with Crippen LogP contribution in [-0.2, 0) is 19.1 Å². The zero-order valence-electron chi connectivity index (χ0n) is 12.3. The van der Waals surface area contributed by atoms with Crippen molar-refractivity contribution in [3.8, 4) is 0 Å². The van der Waals surface area contributed by atoms with E-state index >= 15 is 0 Å². The van der Waals surface area contributed by atoms with Crippen LogP contribution in [0.15, 0.2) is 23.8 Å². The SMILES string of the molecule is CC[C@H]1C=C[C@@H]2C(=C1)CCCC2(C(=O)OC)C(=O)OC. The molecule has 20 heavy (non-hydrogen) atoms. The molecule has 1 saturated carbocycles. The Morgan fingerprint density at radius 3 is 2.45 bits per heavy atom. The number of carbonyl (C=O) groups is 2. The van der Waals surface area contributed by atoms with Crippen molar-refractivity contribution in [3.63, 3.8) is 0 Å². The maximum atomic E-state index is 12.3. The summed E-state index contributed by atoms with van der Waals surface area (Å²) in [6.07, 6.45) is 9.52. The summed E-state index contributed by atoms with van der Waals surface area (Å²) in [7, 11) is 2.65. The summed E-state index contributed by atoms with van der Waals surface area (Å²) in [5, 5.41) is 0. The molecular weight excluding hydrogens is 256 g/mol. The lowest BCUT2D eigenvalue weighted by Crippen LogP contribution is -2.49. The van der Waals surface area contributed by atoms with E-state index in [2.05, 4.69) is 19.1 Å². The number of hydrogen-bond donors (Lipinski definition) is 0. The largest absolute Gasteiger partial charge is 0.468 e. The summed E-state index contributed by atoms with van der Waals surface area (Å²) >= 11 is 0. The lowest BCUT2D eigenvalue weighted by Gasteiger charge is -2.41. The molecule has 0 unspecified atom stereocenters. The average Bonchev–Trinajstić information content (AvgIpc) is 2.51. The molecule has 1 fully saturated rings. The highest BCUT2D eigenvalue weighted by molar-refractivity contribution is 6.01. The molecule has 0 aromatic rings. The van der Waals surface area contributed by atoms with Crippen LogP contribution in [0, 0.1) is 17.3 Å². The predicted molar refractivity (Wildman–Crippen MR) is 74.8 cm³/mol. The summed E-state index contributed by atoms with van der Waals surface area (Å²) in [6, 6.07) is 0. The molecule has 0 spiro atoms. The summed E-state index contributed by atoms with van der Waals surface area (Å²) in [4.78, 5) is 24.6. The zero-order chi connectivity index (χ0) is 14.8. The van der Waals surface area contributed by atoms with E-state index in [1.165, 1.54) is 19.8 Å². The normalized spacial score (nSPS) is 27.2. The first kappa shape index (κ1) is 14.8. The fraction of sp³-hybridized carbons (Fsp3) is 0.625. The molecule has 110 valence electrons. The van der Waals surface area contributed by atoms with Crippen LogP contribution in [0.5, 0.6) is 0 Å². The third kappa shape index (κ3) is 2.17. The highest BCUT2D eigenvalue weighted by atomic mass is 16.5. The Hall–Kier alpha value is -1.58. The van der Waals surface area contributed by atoms with Gasteiger partial charge in [0.25, 0.3) is 0 Å².